The standard InChI is InChI=1S/C14H18N4O4S/c1-2-14(20,13(15)19)11-23(21,22)18-9-7-17(8-10-18)12-5-3-4-6-16-12/h1,3-6,20H,7-11H2,(H2,15,19). The molecule has 124 valence electrons. The molecular weight excluding hydrogens is 320 g/mol. The number of hydrogen-bond donors (Lipinski definition) is 2. The molecule has 0 aromatic carbocycles. The molecule has 1 atom stereocenters. The third kappa shape index (κ3) is 3.79. The summed E-state index contributed by atoms with van der Waals surface area (Å²) in [5, 5.41) is 9.86. The minimum absolute atomic E-state index is 0.207. The molecule has 1 aromatic heterocycles. The lowest BCUT2D eigenvalue weighted by Crippen LogP contribution is -2.55. The van der Waals surface area contributed by atoms with Gasteiger partial charge in [0.2, 0.25) is 15.6 Å². The number of terminal acetylenes is 1. The fourth-order valence-electron chi connectivity index (χ4n) is 2.28. The van der Waals surface area contributed by atoms with Crippen molar-refractivity contribution < 1.29 is 18.3 Å². The maximum absolute atomic E-state index is 12.3. The highest BCUT2D eigenvalue weighted by molar-refractivity contribution is 7.89. The largest absolute Gasteiger partial charge is 0.369 e. The molecule has 0 saturated carbocycles. The number of nitrogens with two attached hydrogens (primary N) is 1. The van der Waals surface area contributed by atoms with Crippen LogP contribution in [0.5, 0.6) is 0 Å². The van der Waals surface area contributed by atoms with Crippen LogP contribution >= 0.6 is 0 Å². The van der Waals surface area contributed by atoms with Crippen molar-refractivity contribution in [1.29, 1.82) is 0 Å². The molecular formula is C14H18N4O4S. The number of amides is 1. The highest BCUT2D eigenvalue weighted by Gasteiger charge is 2.40. The molecule has 0 radical (unpaired) electrons. The second kappa shape index (κ2) is 6.54. The van der Waals surface area contributed by atoms with Crippen molar-refractivity contribution in [2.45, 2.75) is 5.60 Å². The van der Waals surface area contributed by atoms with E-state index >= 15 is 0 Å². The number of aromatic nitrogens is 1. The summed E-state index contributed by atoms with van der Waals surface area (Å²) in [4.78, 5) is 17.3. The van der Waals surface area contributed by atoms with E-state index in [9.17, 15) is 18.3 Å². The number of rotatable bonds is 5. The number of anilines is 1. The predicted molar refractivity (Wildman–Crippen MR) is 84.8 cm³/mol. The van der Waals surface area contributed by atoms with Gasteiger partial charge in [0.1, 0.15) is 11.6 Å². The van der Waals surface area contributed by atoms with Gasteiger partial charge < -0.3 is 15.7 Å². The Balaban J connectivity index is 2.04. The van der Waals surface area contributed by atoms with Crippen LogP contribution < -0.4 is 10.6 Å². The molecule has 0 aliphatic carbocycles. The minimum Gasteiger partial charge on any atom is -0.369 e. The third-order valence-electron chi connectivity index (χ3n) is 3.64. The van der Waals surface area contributed by atoms with E-state index < -0.39 is 27.3 Å². The molecule has 1 aromatic rings. The Hall–Kier alpha value is -2.15. The van der Waals surface area contributed by atoms with E-state index in [4.69, 9.17) is 12.2 Å². The van der Waals surface area contributed by atoms with Crippen molar-refractivity contribution in [3.05, 3.63) is 24.4 Å². The van der Waals surface area contributed by atoms with E-state index in [1.807, 2.05) is 17.0 Å². The van der Waals surface area contributed by atoms with Crippen molar-refractivity contribution in [3.63, 3.8) is 0 Å². The second-order valence-electron chi connectivity index (χ2n) is 5.20. The number of carbonyl (C=O) groups is 1. The van der Waals surface area contributed by atoms with Gasteiger partial charge in [0, 0.05) is 32.4 Å². The SMILES string of the molecule is C#CC(O)(CS(=O)(=O)N1CCN(c2ccccn2)CC1)C(N)=O. The van der Waals surface area contributed by atoms with Crippen LogP contribution in [0.25, 0.3) is 0 Å². The zero-order valence-electron chi connectivity index (χ0n) is 12.4. The fourth-order valence-corrected chi connectivity index (χ4v) is 3.93. The first kappa shape index (κ1) is 17.2. The second-order valence-corrected chi connectivity index (χ2v) is 7.17. The van der Waals surface area contributed by atoms with Crippen LogP contribution in [0.1, 0.15) is 0 Å². The fraction of sp³-hybridized carbons (Fsp3) is 0.429. The molecule has 1 fully saturated rings. The number of carbonyl (C=O) groups excluding carboxylic acids is 1. The summed E-state index contributed by atoms with van der Waals surface area (Å²) in [6.45, 7) is 1.30. The Bertz CT molecular complexity index is 708. The first-order chi connectivity index (χ1) is 10.8. The molecule has 8 nitrogen and oxygen atoms in total. The number of piperazine rings is 1. The molecule has 0 bridgehead atoms. The molecule has 2 heterocycles. The number of pyridine rings is 1. The normalized spacial score (nSPS) is 18.9. The minimum atomic E-state index is -3.91. The number of hydrogen-bond acceptors (Lipinski definition) is 6. The summed E-state index contributed by atoms with van der Waals surface area (Å²) in [6.07, 6.45) is 6.71. The first-order valence-corrected chi connectivity index (χ1v) is 8.53. The summed E-state index contributed by atoms with van der Waals surface area (Å²) in [7, 11) is -3.91. The maximum atomic E-state index is 12.3. The van der Waals surface area contributed by atoms with Crippen LogP contribution in [-0.4, -0.2) is 66.3 Å². The van der Waals surface area contributed by atoms with Crippen molar-refractivity contribution >= 4 is 21.7 Å². The predicted octanol–water partition coefficient (Wildman–Crippen LogP) is -1.62. The highest BCUT2D eigenvalue weighted by Crippen LogP contribution is 2.17. The van der Waals surface area contributed by atoms with Gasteiger partial charge in [-0.25, -0.2) is 13.4 Å². The average molecular weight is 338 g/mol. The van der Waals surface area contributed by atoms with Crippen LogP contribution in [0.15, 0.2) is 24.4 Å². The Labute approximate surface area is 135 Å². The molecule has 9 heteroatoms. The van der Waals surface area contributed by atoms with E-state index in [0.29, 0.717) is 13.1 Å². The molecule has 1 aliphatic heterocycles. The van der Waals surface area contributed by atoms with Crippen LogP contribution in [0.4, 0.5) is 5.82 Å². The summed E-state index contributed by atoms with van der Waals surface area (Å²) in [5.41, 5.74) is 2.48. The lowest BCUT2D eigenvalue weighted by molar-refractivity contribution is -0.129. The van der Waals surface area contributed by atoms with E-state index in [0.717, 1.165) is 5.82 Å². The van der Waals surface area contributed by atoms with Gasteiger partial charge in [-0.15, -0.1) is 6.42 Å². The Morgan fingerprint density at radius 3 is 2.52 bits per heavy atom. The number of aliphatic hydroxyl groups is 1. The third-order valence-corrected chi connectivity index (χ3v) is 5.58. The Morgan fingerprint density at radius 2 is 2.04 bits per heavy atom. The lowest BCUT2D eigenvalue weighted by atomic mass is 10.1. The topological polar surface area (TPSA) is 117 Å². The Kier molecular flexibility index (Phi) is 4.89. The van der Waals surface area contributed by atoms with E-state index in [-0.39, 0.29) is 13.1 Å². The van der Waals surface area contributed by atoms with Gasteiger partial charge in [-0.1, -0.05) is 12.0 Å². The first-order valence-electron chi connectivity index (χ1n) is 6.92. The van der Waals surface area contributed by atoms with E-state index in [1.165, 1.54) is 4.31 Å². The van der Waals surface area contributed by atoms with E-state index in [2.05, 4.69) is 4.98 Å². The molecule has 1 unspecified atom stereocenters. The van der Waals surface area contributed by atoms with Crippen molar-refractivity contribution in [2.24, 2.45) is 5.73 Å². The van der Waals surface area contributed by atoms with Crippen molar-refractivity contribution in [2.75, 3.05) is 36.8 Å². The summed E-state index contributed by atoms with van der Waals surface area (Å²) in [6, 6.07) is 5.49. The number of sulfonamides is 1. The smallest absolute Gasteiger partial charge is 0.263 e. The zero-order chi connectivity index (χ0) is 17.1. The van der Waals surface area contributed by atoms with Gasteiger partial charge in [-0.3, -0.25) is 4.79 Å². The maximum Gasteiger partial charge on any atom is 0.263 e. The number of primary amides is 1. The summed E-state index contributed by atoms with van der Waals surface area (Å²) in [5.74, 6) is 0.353. The van der Waals surface area contributed by atoms with Crippen LogP contribution in [-0.2, 0) is 14.8 Å². The monoisotopic (exact) mass is 338 g/mol. The molecule has 1 amide bonds. The molecule has 2 rings (SSSR count). The van der Waals surface area contributed by atoms with Gasteiger partial charge in [-0.2, -0.15) is 4.31 Å². The summed E-state index contributed by atoms with van der Waals surface area (Å²) < 4.78 is 25.9. The lowest BCUT2D eigenvalue weighted by Gasteiger charge is -2.35. The van der Waals surface area contributed by atoms with Gasteiger partial charge >= 0.3 is 0 Å². The molecule has 0 spiro atoms. The Morgan fingerprint density at radius 1 is 1.39 bits per heavy atom. The van der Waals surface area contributed by atoms with Crippen LogP contribution in [0.2, 0.25) is 0 Å². The van der Waals surface area contributed by atoms with Crippen LogP contribution in [0.3, 0.4) is 0 Å². The summed E-state index contributed by atoms with van der Waals surface area (Å²) >= 11 is 0. The number of nitrogens with zero attached hydrogens (tertiary/aromatic N) is 3. The van der Waals surface area contributed by atoms with Gasteiger partial charge in [0.05, 0.1) is 0 Å². The zero-order valence-corrected chi connectivity index (χ0v) is 13.2. The van der Waals surface area contributed by atoms with Crippen molar-refractivity contribution in [1.82, 2.24) is 9.29 Å². The van der Waals surface area contributed by atoms with Gasteiger partial charge in [-0.05, 0) is 12.1 Å². The molecule has 23 heavy (non-hydrogen) atoms. The van der Waals surface area contributed by atoms with Crippen LogP contribution in [0, 0.1) is 12.3 Å². The van der Waals surface area contributed by atoms with Gasteiger partial charge in [0.15, 0.2) is 0 Å². The molecule has 1 saturated heterocycles. The van der Waals surface area contributed by atoms with Gasteiger partial charge in [0.25, 0.3) is 5.91 Å². The highest BCUT2D eigenvalue weighted by atomic mass is 32.2. The van der Waals surface area contributed by atoms with E-state index in [1.54, 1.807) is 18.2 Å². The van der Waals surface area contributed by atoms with Crippen molar-refractivity contribution in [3.8, 4) is 12.3 Å². The molecule has 1 aliphatic rings. The quantitative estimate of drug-likeness (QED) is 0.624. The average Bonchev–Trinajstić information content (AvgIpc) is 2.55. The molecule has 3 N–H and O–H groups in total.